The van der Waals surface area contributed by atoms with E-state index in [1.807, 2.05) is 0 Å². The topological polar surface area (TPSA) is 26.0 Å². The van der Waals surface area contributed by atoms with Crippen molar-refractivity contribution in [2.45, 2.75) is 57.9 Å². The molecule has 0 heterocycles. The Balaban J connectivity index is 0.000000853. The first-order chi connectivity index (χ1) is 6.51. The zero-order valence-corrected chi connectivity index (χ0v) is 10.8. The van der Waals surface area contributed by atoms with Gasteiger partial charge < -0.3 is 5.73 Å². The van der Waals surface area contributed by atoms with Crippen LogP contribution < -0.4 is 5.73 Å². The fraction of sp³-hybridized carbons (Fsp3) is 1.00. The number of rotatable bonds is 1. The lowest BCUT2D eigenvalue weighted by Crippen LogP contribution is -2.61. The molecule has 88 valence electrons. The Kier molecular flexibility index (Phi) is 2.63. The zero-order chi connectivity index (χ0) is 9.97. The molecule has 0 aliphatic heterocycles. The summed E-state index contributed by atoms with van der Waals surface area (Å²) in [5.41, 5.74) is 7.43. The molecule has 4 aliphatic carbocycles. The third kappa shape index (κ3) is 1.63. The van der Waals surface area contributed by atoms with Crippen molar-refractivity contribution in [2.24, 2.45) is 28.9 Å². The number of halogens is 1. The molecule has 2 N–H and O–H groups in total. The van der Waals surface area contributed by atoms with E-state index in [0.29, 0.717) is 5.41 Å². The molecule has 4 bridgehead atoms. The van der Waals surface area contributed by atoms with Gasteiger partial charge in [-0.15, -0.1) is 12.4 Å². The van der Waals surface area contributed by atoms with Crippen molar-refractivity contribution in [3.05, 3.63) is 0 Å². The van der Waals surface area contributed by atoms with Gasteiger partial charge in [0.25, 0.3) is 0 Å². The minimum atomic E-state index is 0. The Morgan fingerprint density at radius 1 is 1.07 bits per heavy atom. The third-order valence-corrected chi connectivity index (χ3v) is 5.38. The van der Waals surface area contributed by atoms with Crippen molar-refractivity contribution >= 4 is 12.4 Å². The molecule has 4 aliphatic rings. The first-order valence-corrected chi connectivity index (χ1v) is 6.30. The van der Waals surface area contributed by atoms with Crippen LogP contribution in [0.4, 0.5) is 0 Å². The highest BCUT2D eigenvalue weighted by atomic mass is 35.5. The van der Waals surface area contributed by atoms with Gasteiger partial charge in [-0.2, -0.15) is 0 Å². The second kappa shape index (κ2) is 3.37. The van der Waals surface area contributed by atoms with Gasteiger partial charge in [0.15, 0.2) is 0 Å². The Hall–Kier alpha value is 0.250. The Morgan fingerprint density at radius 3 is 2.00 bits per heavy atom. The molecule has 0 saturated heterocycles. The molecule has 0 radical (unpaired) electrons. The maximum absolute atomic E-state index is 6.54. The summed E-state index contributed by atoms with van der Waals surface area (Å²) in [6.45, 7) is 4.83. The molecular formula is C13H24ClN. The highest BCUT2D eigenvalue weighted by Gasteiger charge is 2.56. The largest absolute Gasteiger partial charge is 0.325 e. The summed E-state index contributed by atoms with van der Waals surface area (Å²) in [7, 11) is 0. The molecule has 1 nitrogen and oxygen atoms in total. The van der Waals surface area contributed by atoms with Crippen molar-refractivity contribution in [1.82, 2.24) is 0 Å². The van der Waals surface area contributed by atoms with Gasteiger partial charge in [-0.05, 0) is 61.7 Å². The first kappa shape index (κ1) is 11.7. The summed E-state index contributed by atoms with van der Waals surface area (Å²) < 4.78 is 0. The maximum Gasteiger partial charge on any atom is 0.0165 e. The second-order valence-corrected chi connectivity index (χ2v) is 6.84. The zero-order valence-electron chi connectivity index (χ0n) is 9.96. The van der Waals surface area contributed by atoms with Gasteiger partial charge in [-0.1, -0.05) is 13.8 Å². The van der Waals surface area contributed by atoms with Gasteiger partial charge in [0.05, 0.1) is 0 Å². The van der Waals surface area contributed by atoms with Crippen LogP contribution in [-0.2, 0) is 0 Å². The van der Waals surface area contributed by atoms with Crippen LogP contribution in [-0.4, -0.2) is 5.54 Å². The van der Waals surface area contributed by atoms with E-state index in [9.17, 15) is 0 Å². The monoisotopic (exact) mass is 229 g/mol. The Bertz CT molecular complexity index is 247. The Morgan fingerprint density at radius 2 is 1.60 bits per heavy atom. The van der Waals surface area contributed by atoms with Gasteiger partial charge in [0, 0.05) is 5.54 Å². The summed E-state index contributed by atoms with van der Waals surface area (Å²) in [5, 5.41) is 0. The Labute approximate surface area is 99.6 Å². The van der Waals surface area contributed by atoms with E-state index in [1.54, 1.807) is 0 Å². The average Bonchev–Trinajstić information content (AvgIpc) is 1.98. The lowest BCUT2D eigenvalue weighted by Gasteiger charge is -2.62. The fourth-order valence-corrected chi connectivity index (χ4v) is 5.08. The molecule has 0 amide bonds. The van der Waals surface area contributed by atoms with Crippen LogP contribution in [0.1, 0.15) is 52.4 Å². The number of hydrogen-bond donors (Lipinski definition) is 1. The highest BCUT2D eigenvalue weighted by Crippen LogP contribution is 2.63. The highest BCUT2D eigenvalue weighted by molar-refractivity contribution is 5.85. The average molecular weight is 230 g/mol. The van der Waals surface area contributed by atoms with Crippen LogP contribution in [0.25, 0.3) is 0 Å². The van der Waals surface area contributed by atoms with Gasteiger partial charge in [0.2, 0.25) is 0 Å². The van der Waals surface area contributed by atoms with E-state index in [2.05, 4.69) is 13.8 Å². The molecule has 2 unspecified atom stereocenters. The SMILES string of the molecule is CC(C)C12C[C@@H]3C[C@@H](CC(N)(C3)C1)C2.Cl. The van der Waals surface area contributed by atoms with Crippen molar-refractivity contribution in [3.63, 3.8) is 0 Å². The summed E-state index contributed by atoms with van der Waals surface area (Å²) in [5.74, 6) is 2.80. The second-order valence-electron chi connectivity index (χ2n) is 6.84. The minimum absolute atomic E-state index is 0. The lowest BCUT2D eigenvalue weighted by atomic mass is 9.44. The summed E-state index contributed by atoms with van der Waals surface area (Å²) >= 11 is 0. The van der Waals surface area contributed by atoms with Crippen LogP contribution >= 0.6 is 12.4 Å². The van der Waals surface area contributed by atoms with Crippen molar-refractivity contribution in [3.8, 4) is 0 Å². The van der Waals surface area contributed by atoms with Gasteiger partial charge in [-0.25, -0.2) is 0 Å². The predicted molar refractivity (Wildman–Crippen MR) is 66.1 cm³/mol. The minimum Gasteiger partial charge on any atom is -0.325 e. The molecule has 15 heavy (non-hydrogen) atoms. The fourth-order valence-electron chi connectivity index (χ4n) is 5.08. The molecule has 4 fully saturated rings. The van der Waals surface area contributed by atoms with E-state index in [1.165, 1.54) is 38.5 Å². The summed E-state index contributed by atoms with van der Waals surface area (Å²) in [6, 6.07) is 0. The van der Waals surface area contributed by atoms with Gasteiger partial charge in [0.1, 0.15) is 0 Å². The normalized spacial score (nSPS) is 52.0. The van der Waals surface area contributed by atoms with Crippen LogP contribution in [0, 0.1) is 23.2 Å². The van der Waals surface area contributed by atoms with Crippen LogP contribution in [0.2, 0.25) is 0 Å². The molecule has 0 aromatic rings. The van der Waals surface area contributed by atoms with E-state index >= 15 is 0 Å². The molecule has 4 saturated carbocycles. The lowest BCUT2D eigenvalue weighted by molar-refractivity contribution is -0.0913. The van der Waals surface area contributed by atoms with Gasteiger partial charge in [-0.3, -0.25) is 0 Å². The molecule has 4 rings (SSSR count). The number of nitrogens with two attached hydrogens (primary N) is 1. The molecule has 0 spiro atoms. The van der Waals surface area contributed by atoms with Crippen LogP contribution in [0.15, 0.2) is 0 Å². The van der Waals surface area contributed by atoms with Crippen molar-refractivity contribution < 1.29 is 0 Å². The number of hydrogen-bond acceptors (Lipinski definition) is 1. The third-order valence-electron chi connectivity index (χ3n) is 5.38. The van der Waals surface area contributed by atoms with E-state index in [0.717, 1.165) is 17.8 Å². The quantitative estimate of drug-likeness (QED) is 0.733. The first-order valence-electron chi connectivity index (χ1n) is 6.30. The van der Waals surface area contributed by atoms with Crippen molar-refractivity contribution in [2.75, 3.05) is 0 Å². The van der Waals surface area contributed by atoms with E-state index in [-0.39, 0.29) is 17.9 Å². The maximum atomic E-state index is 6.54. The predicted octanol–water partition coefficient (Wildman–Crippen LogP) is 3.36. The molecule has 2 heteroatoms. The van der Waals surface area contributed by atoms with Crippen LogP contribution in [0.5, 0.6) is 0 Å². The molecular weight excluding hydrogens is 206 g/mol. The van der Waals surface area contributed by atoms with E-state index in [4.69, 9.17) is 5.73 Å². The molecule has 4 atom stereocenters. The standard InChI is InChI=1S/C13H23N.ClH/c1-9(2)12-4-10-3-11(5-12)7-13(14,6-10)8-12;/h9-11H,3-8,14H2,1-2H3;1H/t10-,11+,12?,13?;. The smallest absolute Gasteiger partial charge is 0.0165 e. The van der Waals surface area contributed by atoms with Gasteiger partial charge >= 0.3 is 0 Å². The van der Waals surface area contributed by atoms with Crippen molar-refractivity contribution in [1.29, 1.82) is 0 Å². The van der Waals surface area contributed by atoms with Crippen LogP contribution in [0.3, 0.4) is 0 Å². The summed E-state index contributed by atoms with van der Waals surface area (Å²) in [6.07, 6.45) is 8.45. The molecule has 0 aromatic carbocycles. The van der Waals surface area contributed by atoms with E-state index < -0.39 is 0 Å². The summed E-state index contributed by atoms with van der Waals surface area (Å²) in [4.78, 5) is 0. The molecule has 0 aromatic heterocycles.